The van der Waals surface area contributed by atoms with Crippen LogP contribution >= 0.6 is 11.3 Å². The van der Waals surface area contributed by atoms with E-state index in [1.165, 1.54) is 17.7 Å². The molecule has 0 saturated heterocycles. The number of benzene rings is 1. The lowest BCUT2D eigenvalue weighted by Gasteiger charge is -2.24. The van der Waals surface area contributed by atoms with Gasteiger partial charge in [0.15, 0.2) is 0 Å². The molecule has 1 aliphatic heterocycles. The number of thiophene rings is 1. The minimum absolute atomic E-state index is 0.0122. The summed E-state index contributed by atoms with van der Waals surface area (Å²) in [6.45, 7) is 7.34. The summed E-state index contributed by atoms with van der Waals surface area (Å²) in [6.07, 6.45) is 3.51. The lowest BCUT2D eigenvalue weighted by Crippen LogP contribution is -2.23. The molecule has 4 heterocycles. The van der Waals surface area contributed by atoms with Crippen molar-refractivity contribution in [2.24, 2.45) is 5.92 Å². The molecule has 1 radical (unpaired) electrons. The van der Waals surface area contributed by atoms with Crippen LogP contribution in [0.5, 0.6) is 0 Å². The maximum Gasteiger partial charge on any atom is 0.208 e. The first-order valence-electron chi connectivity index (χ1n) is 11.8. The number of aromatic nitrogens is 4. The molecule has 35 heavy (non-hydrogen) atoms. The molecule has 1 aliphatic carbocycles. The van der Waals surface area contributed by atoms with Gasteiger partial charge in [0, 0.05) is 29.2 Å². The smallest absolute Gasteiger partial charge is 0.208 e. The molecule has 4 atom stereocenters. The van der Waals surface area contributed by atoms with Crippen LogP contribution in [0, 0.1) is 19.8 Å². The van der Waals surface area contributed by atoms with Crippen LogP contribution in [-0.4, -0.2) is 49.2 Å². The Morgan fingerprint density at radius 3 is 3.00 bits per heavy atom. The van der Waals surface area contributed by atoms with Gasteiger partial charge in [0.25, 0.3) is 0 Å². The van der Waals surface area contributed by atoms with Gasteiger partial charge in [0.2, 0.25) is 5.78 Å². The molecule has 2 aliphatic rings. The number of aliphatic hydroxyl groups is 1. The van der Waals surface area contributed by atoms with Gasteiger partial charge in [0.1, 0.15) is 24.1 Å². The van der Waals surface area contributed by atoms with Gasteiger partial charge in [-0.2, -0.15) is 0 Å². The molecule has 2 N–H and O–H groups in total. The summed E-state index contributed by atoms with van der Waals surface area (Å²) in [6, 6.07) is 10.0. The van der Waals surface area contributed by atoms with Crippen molar-refractivity contribution in [2.75, 3.05) is 11.9 Å². The molecule has 1 aromatic carbocycles. The number of nitrogens with one attached hydrogen (secondary N) is 1. The molecule has 0 spiro atoms. The Bertz CT molecular complexity index is 1400. The first-order valence-corrected chi connectivity index (χ1v) is 12.6. The summed E-state index contributed by atoms with van der Waals surface area (Å²) in [5.74, 6) is 1.18. The molecule has 0 amide bonds. The summed E-state index contributed by atoms with van der Waals surface area (Å²) in [5, 5.41) is 13.4. The third kappa shape index (κ3) is 3.93. The summed E-state index contributed by atoms with van der Waals surface area (Å²) in [7, 11) is 0. The zero-order valence-electron chi connectivity index (χ0n) is 19.3. The second kappa shape index (κ2) is 8.82. The highest BCUT2D eigenvalue weighted by molar-refractivity contribution is 7.14. The van der Waals surface area contributed by atoms with Crippen LogP contribution in [0.1, 0.15) is 50.4 Å². The number of fused-ring (bicyclic) bond motifs is 3. The minimum Gasteiger partial charge on any atom is -0.393 e. The van der Waals surface area contributed by atoms with E-state index in [9.17, 15) is 9.90 Å². The van der Waals surface area contributed by atoms with Gasteiger partial charge in [-0.3, -0.25) is 4.79 Å². The number of aryl methyl sites for hydroxylation is 1. The Morgan fingerprint density at radius 2 is 2.17 bits per heavy atom. The third-order valence-corrected chi connectivity index (χ3v) is 8.00. The van der Waals surface area contributed by atoms with Gasteiger partial charge in [-0.1, -0.05) is 12.1 Å². The van der Waals surface area contributed by atoms with Crippen molar-refractivity contribution in [3.05, 3.63) is 76.5 Å². The number of ether oxygens (including phenoxy) is 1. The van der Waals surface area contributed by atoms with E-state index < -0.39 is 6.10 Å². The average molecular weight is 489 g/mol. The molecule has 9 heteroatoms. The largest absolute Gasteiger partial charge is 0.393 e. The van der Waals surface area contributed by atoms with Crippen LogP contribution in [0.25, 0.3) is 11.0 Å². The lowest BCUT2D eigenvalue weighted by atomic mass is 10.1. The fraction of sp³-hybridized carbons (Fsp3) is 0.346. The van der Waals surface area contributed by atoms with Gasteiger partial charge >= 0.3 is 0 Å². The number of aliphatic hydroxyl groups excluding tert-OH is 1. The molecule has 4 aromatic rings. The number of rotatable bonds is 5. The Labute approximate surface area is 207 Å². The molecule has 1 fully saturated rings. The molecule has 0 bridgehead atoms. The van der Waals surface area contributed by atoms with Gasteiger partial charge in [-0.25, -0.2) is 15.0 Å². The third-order valence-electron chi connectivity index (χ3n) is 6.94. The highest BCUT2D eigenvalue weighted by atomic mass is 32.1. The van der Waals surface area contributed by atoms with E-state index in [-0.39, 0.29) is 23.8 Å². The standard InChI is InChI=1S/C26H26N5O3S/c1-14-9-16(10-21(14)32)29-25-18(12-27-13-28-25)23(33)22-11-17(15(2)35-22)24-26-30-19-5-3-4-6-20(19)31(26)7-8-34-24/h3-6,11-14,16,21,24,32H,1,7-10H2,2H3,(H,27,28,29)/t14-,16-,21+,24-/m1/s1. The second-order valence-electron chi connectivity index (χ2n) is 9.24. The number of hydrogen-bond donors (Lipinski definition) is 2. The summed E-state index contributed by atoms with van der Waals surface area (Å²) < 4.78 is 8.39. The number of ketones is 1. The number of carbonyl (C=O) groups is 1. The highest BCUT2D eigenvalue weighted by Crippen LogP contribution is 2.38. The van der Waals surface area contributed by atoms with Gasteiger partial charge in [-0.05, 0) is 50.8 Å². The van der Waals surface area contributed by atoms with Crippen LogP contribution in [-0.2, 0) is 11.3 Å². The van der Waals surface area contributed by atoms with Crippen LogP contribution in [0.4, 0.5) is 5.82 Å². The fourth-order valence-corrected chi connectivity index (χ4v) is 6.12. The predicted molar refractivity (Wildman–Crippen MR) is 134 cm³/mol. The Balaban J connectivity index is 1.31. The zero-order chi connectivity index (χ0) is 24.1. The molecule has 8 nitrogen and oxygen atoms in total. The first-order chi connectivity index (χ1) is 17.0. The monoisotopic (exact) mass is 488 g/mol. The van der Waals surface area contributed by atoms with Gasteiger partial charge in [0.05, 0.1) is 34.2 Å². The zero-order valence-corrected chi connectivity index (χ0v) is 20.2. The molecule has 0 unspecified atom stereocenters. The molecule has 3 aromatic heterocycles. The SMILES string of the molecule is [CH2][C@@H]1C[C@@H](Nc2ncncc2C(=O)c2cc([C@H]3OCCn4c3nc3ccccc34)c(C)s2)C[C@@H]1O. The van der Waals surface area contributed by atoms with Crippen LogP contribution in [0.15, 0.2) is 42.9 Å². The van der Waals surface area contributed by atoms with Crippen LogP contribution in [0.2, 0.25) is 0 Å². The Hall–Kier alpha value is -3.14. The van der Waals surface area contributed by atoms with E-state index in [1.807, 2.05) is 31.2 Å². The summed E-state index contributed by atoms with van der Waals surface area (Å²) in [5.41, 5.74) is 3.42. The number of anilines is 1. The van der Waals surface area contributed by atoms with Gasteiger partial charge in [-0.15, -0.1) is 11.3 Å². The number of para-hydroxylation sites is 2. The van der Waals surface area contributed by atoms with Crippen molar-refractivity contribution < 1.29 is 14.6 Å². The van der Waals surface area contributed by atoms with E-state index in [1.54, 1.807) is 6.20 Å². The lowest BCUT2D eigenvalue weighted by molar-refractivity contribution is 0.0441. The number of carbonyl (C=O) groups excluding carboxylic acids is 1. The van der Waals surface area contributed by atoms with E-state index in [0.29, 0.717) is 29.3 Å². The van der Waals surface area contributed by atoms with Crippen LogP contribution in [0.3, 0.4) is 0 Å². The quantitative estimate of drug-likeness (QED) is 0.410. The molecule has 6 rings (SSSR count). The Morgan fingerprint density at radius 1 is 1.31 bits per heavy atom. The number of nitrogens with zero attached hydrogens (tertiary/aromatic N) is 4. The van der Waals surface area contributed by atoms with E-state index in [2.05, 4.69) is 32.8 Å². The minimum atomic E-state index is -0.448. The van der Waals surface area contributed by atoms with Gasteiger partial charge < -0.3 is 19.7 Å². The summed E-state index contributed by atoms with van der Waals surface area (Å²) in [4.78, 5) is 28.5. The van der Waals surface area contributed by atoms with Crippen molar-refractivity contribution in [3.63, 3.8) is 0 Å². The maximum atomic E-state index is 13.6. The first kappa shape index (κ1) is 22.3. The number of hydrogen-bond acceptors (Lipinski definition) is 8. The molecule has 1 saturated carbocycles. The fourth-order valence-electron chi connectivity index (χ4n) is 5.12. The van der Waals surface area contributed by atoms with Crippen molar-refractivity contribution in [1.82, 2.24) is 19.5 Å². The normalized spacial score (nSPS) is 24.0. The molecular formula is C26H26N5O3S. The second-order valence-corrected chi connectivity index (χ2v) is 10.5. The Kier molecular flexibility index (Phi) is 5.63. The molecular weight excluding hydrogens is 462 g/mol. The molecule has 179 valence electrons. The highest BCUT2D eigenvalue weighted by Gasteiger charge is 2.32. The van der Waals surface area contributed by atoms with Crippen molar-refractivity contribution in [1.29, 1.82) is 0 Å². The van der Waals surface area contributed by atoms with Crippen molar-refractivity contribution in [3.8, 4) is 0 Å². The average Bonchev–Trinajstić information content (AvgIpc) is 3.53. The predicted octanol–water partition coefficient (Wildman–Crippen LogP) is 3.93. The van der Waals surface area contributed by atoms with Crippen molar-refractivity contribution in [2.45, 2.75) is 44.6 Å². The van der Waals surface area contributed by atoms with E-state index >= 15 is 0 Å². The van der Waals surface area contributed by atoms with E-state index in [4.69, 9.17) is 9.72 Å². The number of imidazole rings is 1. The van der Waals surface area contributed by atoms with Crippen LogP contribution < -0.4 is 5.32 Å². The summed E-state index contributed by atoms with van der Waals surface area (Å²) >= 11 is 1.44. The topological polar surface area (TPSA) is 102 Å². The maximum absolute atomic E-state index is 13.6. The van der Waals surface area contributed by atoms with Crippen molar-refractivity contribution >= 4 is 34.0 Å². The van der Waals surface area contributed by atoms with E-state index in [0.717, 1.165) is 40.3 Å².